The highest BCUT2D eigenvalue weighted by Crippen LogP contribution is 2.37. The monoisotopic (exact) mass is 434 g/mol. The predicted octanol–water partition coefficient (Wildman–Crippen LogP) is 3.93. The van der Waals surface area contributed by atoms with Crippen molar-refractivity contribution < 1.29 is 28.9 Å². The summed E-state index contributed by atoms with van der Waals surface area (Å²) in [5.41, 5.74) is 1.32. The molecule has 0 radical (unpaired) electrons. The molecule has 0 spiro atoms. The lowest BCUT2D eigenvalue weighted by molar-refractivity contribution is 0.0696. The zero-order valence-corrected chi connectivity index (χ0v) is 17.4. The van der Waals surface area contributed by atoms with Crippen LogP contribution in [0.15, 0.2) is 67.0 Å². The highest BCUT2D eigenvalue weighted by molar-refractivity contribution is 6.11. The highest BCUT2D eigenvalue weighted by atomic mass is 16.6. The van der Waals surface area contributed by atoms with Gasteiger partial charge in [0.25, 0.3) is 5.91 Å². The van der Waals surface area contributed by atoms with Crippen molar-refractivity contribution in [1.82, 2.24) is 4.98 Å². The number of benzene rings is 2. The van der Waals surface area contributed by atoms with Crippen LogP contribution >= 0.6 is 0 Å². The summed E-state index contributed by atoms with van der Waals surface area (Å²) < 4.78 is 16.9. The van der Waals surface area contributed by atoms with Gasteiger partial charge in [-0.2, -0.15) is 0 Å². The molecule has 0 aliphatic carbocycles. The first kappa shape index (κ1) is 21.3. The van der Waals surface area contributed by atoms with Crippen LogP contribution in [0.2, 0.25) is 0 Å². The summed E-state index contributed by atoms with van der Waals surface area (Å²) in [5, 5.41) is 9.43. The second kappa shape index (κ2) is 9.49. The minimum Gasteiger partial charge on any atom is -0.493 e. The minimum atomic E-state index is -1.08. The molecular formula is C24H22N2O6. The van der Waals surface area contributed by atoms with Crippen LogP contribution < -0.4 is 14.4 Å². The number of anilines is 2. The number of methoxy groups -OCH3 is 1. The van der Waals surface area contributed by atoms with E-state index < -0.39 is 5.97 Å². The molecule has 3 aromatic rings. The van der Waals surface area contributed by atoms with E-state index in [1.807, 2.05) is 0 Å². The maximum atomic E-state index is 13.5. The van der Waals surface area contributed by atoms with E-state index in [0.29, 0.717) is 41.7 Å². The van der Waals surface area contributed by atoms with Crippen LogP contribution in [0.25, 0.3) is 0 Å². The Labute approximate surface area is 185 Å². The third-order valence-electron chi connectivity index (χ3n) is 5.05. The number of aromatic nitrogens is 1. The molecule has 1 N–H and O–H groups in total. The molecule has 1 amide bonds. The normalized spacial score (nSPS) is 15.2. The number of aromatic carboxylic acids is 1. The van der Waals surface area contributed by atoms with Crippen molar-refractivity contribution in [3.05, 3.63) is 78.1 Å². The van der Waals surface area contributed by atoms with Gasteiger partial charge in [0, 0.05) is 24.9 Å². The van der Waals surface area contributed by atoms with Gasteiger partial charge >= 0.3 is 5.97 Å². The van der Waals surface area contributed by atoms with Gasteiger partial charge in [0.15, 0.2) is 11.5 Å². The zero-order valence-electron chi connectivity index (χ0n) is 17.4. The number of pyridine rings is 1. The van der Waals surface area contributed by atoms with Gasteiger partial charge < -0.3 is 19.3 Å². The molecule has 8 heteroatoms. The molecule has 1 saturated heterocycles. The first-order valence-electron chi connectivity index (χ1n) is 10.1. The molecule has 2 heterocycles. The van der Waals surface area contributed by atoms with E-state index in [0.717, 1.165) is 6.42 Å². The average Bonchev–Trinajstić information content (AvgIpc) is 3.33. The third kappa shape index (κ3) is 4.55. The number of carboxylic acid groups (broad SMARTS) is 1. The number of hydrogen-bond donors (Lipinski definition) is 1. The first-order valence-corrected chi connectivity index (χ1v) is 10.1. The molecule has 1 fully saturated rings. The number of hydrogen-bond acceptors (Lipinski definition) is 6. The second-order valence-corrected chi connectivity index (χ2v) is 7.18. The molecule has 2 aromatic carbocycles. The molecule has 1 aliphatic rings. The summed E-state index contributed by atoms with van der Waals surface area (Å²) in [6, 6.07) is 14.7. The number of nitrogens with zero attached hydrogens (tertiary/aromatic N) is 2. The van der Waals surface area contributed by atoms with Gasteiger partial charge in [-0.3, -0.25) is 14.7 Å². The SMILES string of the molecule is COc1ccc(N(C(=O)c2cccnc2)c2cccc(C(=O)O)c2)cc1OC1CCOC1. The number of carboxylic acids is 1. The predicted molar refractivity (Wildman–Crippen MR) is 117 cm³/mol. The summed E-state index contributed by atoms with van der Waals surface area (Å²) >= 11 is 0. The number of carbonyl (C=O) groups excluding carboxylic acids is 1. The summed E-state index contributed by atoms with van der Waals surface area (Å²) in [4.78, 5) is 30.5. The largest absolute Gasteiger partial charge is 0.493 e. The van der Waals surface area contributed by atoms with E-state index >= 15 is 0 Å². The Kier molecular flexibility index (Phi) is 6.32. The van der Waals surface area contributed by atoms with Gasteiger partial charge in [0.2, 0.25) is 0 Å². The van der Waals surface area contributed by atoms with E-state index in [1.165, 1.54) is 23.2 Å². The summed E-state index contributed by atoms with van der Waals surface area (Å²) in [5.74, 6) is -0.450. The Bertz CT molecular complexity index is 1110. The highest BCUT2D eigenvalue weighted by Gasteiger charge is 2.24. The maximum Gasteiger partial charge on any atom is 0.335 e. The van der Waals surface area contributed by atoms with Crippen LogP contribution in [0, 0.1) is 0 Å². The van der Waals surface area contributed by atoms with Crippen LogP contribution in [0.5, 0.6) is 11.5 Å². The number of amides is 1. The Morgan fingerprint density at radius 1 is 1.06 bits per heavy atom. The van der Waals surface area contributed by atoms with Gasteiger partial charge in [0.1, 0.15) is 6.10 Å². The standard InChI is InChI=1S/C24H22N2O6/c1-30-21-8-7-19(13-22(21)32-20-9-11-31-15-20)26(23(27)17-5-3-10-25-14-17)18-6-2-4-16(12-18)24(28)29/h2-8,10,12-14,20H,9,11,15H2,1H3,(H,28,29). The number of ether oxygens (including phenoxy) is 3. The lowest BCUT2D eigenvalue weighted by Crippen LogP contribution is -2.26. The van der Waals surface area contributed by atoms with Crippen molar-refractivity contribution in [2.24, 2.45) is 0 Å². The van der Waals surface area contributed by atoms with Gasteiger partial charge in [-0.15, -0.1) is 0 Å². The van der Waals surface area contributed by atoms with Gasteiger partial charge in [0.05, 0.1) is 42.8 Å². The van der Waals surface area contributed by atoms with Crippen LogP contribution in [0.1, 0.15) is 27.1 Å². The Balaban J connectivity index is 1.80. The van der Waals surface area contributed by atoms with E-state index in [1.54, 1.807) is 55.8 Å². The van der Waals surface area contributed by atoms with Crippen molar-refractivity contribution in [2.75, 3.05) is 25.2 Å². The maximum absolute atomic E-state index is 13.5. The van der Waals surface area contributed by atoms with Crippen LogP contribution in [-0.4, -0.2) is 48.4 Å². The van der Waals surface area contributed by atoms with Crippen molar-refractivity contribution in [3.63, 3.8) is 0 Å². The quantitative estimate of drug-likeness (QED) is 0.601. The summed E-state index contributed by atoms with van der Waals surface area (Å²) in [6.07, 6.45) is 3.69. The fourth-order valence-corrected chi connectivity index (χ4v) is 3.46. The van der Waals surface area contributed by atoms with Crippen LogP contribution in [0.3, 0.4) is 0 Å². The van der Waals surface area contributed by atoms with Crippen LogP contribution in [0.4, 0.5) is 11.4 Å². The van der Waals surface area contributed by atoms with Crippen LogP contribution in [-0.2, 0) is 4.74 Å². The van der Waals surface area contributed by atoms with E-state index in [-0.39, 0.29) is 17.6 Å². The lowest BCUT2D eigenvalue weighted by atomic mass is 10.1. The molecule has 0 bridgehead atoms. The molecule has 1 aromatic heterocycles. The summed E-state index contributed by atoms with van der Waals surface area (Å²) in [6.45, 7) is 1.10. The van der Waals surface area contributed by atoms with Crippen molar-refractivity contribution in [2.45, 2.75) is 12.5 Å². The van der Waals surface area contributed by atoms with Crippen molar-refractivity contribution >= 4 is 23.3 Å². The molecule has 1 unspecified atom stereocenters. The molecule has 0 saturated carbocycles. The lowest BCUT2D eigenvalue weighted by Gasteiger charge is -2.25. The molecule has 8 nitrogen and oxygen atoms in total. The number of rotatable bonds is 7. The fourth-order valence-electron chi connectivity index (χ4n) is 3.46. The Morgan fingerprint density at radius 3 is 2.56 bits per heavy atom. The first-order chi connectivity index (χ1) is 15.6. The van der Waals surface area contributed by atoms with E-state index in [2.05, 4.69) is 4.98 Å². The van der Waals surface area contributed by atoms with Gasteiger partial charge in [-0.1, -0.05) is 6.07 Å². The van der Waals surface area contributed by atoms with Crippen molar-refractivity contribution in [1.29, 1.82) is 0 Å². The Hall–Kier alpha value is -3.91. The average molecular weight is 434 g/mol. The number of carbonyl (C=O) groups is 2. The molecular weight excluding hydrogens is 412 g/mol. The topological polar surface area (TPSA) is 98.2 Å². The minimum absolute atomic E-state index is 0.0691. The van der Waals surface area contributed by atoms with Gasteiger partial charge in [-0.05, 0) is 42.5 Å². The molecule has 32 heavy (non-hydrogen) atoms. The smallest absolute Gasteiger partial charge is 0.335 e. The van der Waals surface area contributed by atoms with E-state index in [4.69, 9.17) is 14.2 Å². The second-order valence-electron chi connectivity index (χ2n) is 7.18. The zero-order chi connectivity index (χ0) is 22.5. The molecule has 164 valence electrons. The van der Waals surface area contributed by atoms with Gasteiger partial charge in [-0.25, -0.2) is 4.79 Å². The molecule has 1 aliphatic heterocycles. The molecule has 4 rings (SSSR count). The van der Waals surface area contributed by atoms with E-state index in [9.17, 15) is 14.7 Å². The van der Waals surface area contributed by atoms with Crippen molar-refractivity contribution in [3.8, 4) is 11.5 Å². The summed E-state index contributed by atoms with van der Waals surface area (Å²) in [7, 11) is 1.54. The third-order valence-corrected chi connectivity index (χ3v) is 5.05. The molecule has 1 atom stereocenters. The fraction of sp³-hybridized carbons (Fsp3) is 0.208. The Morgan fingerprint density at radius 2 is 1.88 bits per heavy atom.